The zero-order valence-electron chi connectivity index (χ0n) is 79.9. The maximum atomic E-state index is 11.4. The van der Waals surface area contributed by atoms with Gasteiger partial charge in [-0.3, -0.25) is 0 Å². The van der Waals surface area contributed by atoms with E-state index in [0.717, 1.165) is 55.6 Å². The van der Waals surface area contributed by atoms with Crippen LogP contribution in [0.2, 0.25) is 0 Å². The summed E-state index contributed by atoms with van der Waals surface area (Å²) in [5, 5.41) is 0. The van der Waals surface area contributed by atoms with E-state index in [2.05, 4.69) is 156 Å². The fourth-order valence-electron chi connectivity index (χ4n) is 13.3. The lowest BCUT2D eigenvalue weighted by atomic mass is 10.1. The van der Waals surface area contributed by atoms with Crippen LogP contribution in [0.15, 0.2) is 267 Å². The molecule has 10 rings (SSSR count). The number of carbonyl (C=O) groups is 5. The number of carbonyl (C=O) groups excluding carboxylic acids is 5. The van der Waals surface area contributed by atoms with Crippen molar-refractivity contribution in [2.24, 2.45) is 0 Å². The molecular weight excluding hydrogens is 1750 g/mol. The van der Waals surface area contributed by atoms with Gasteiger partial charge in [0.25, 0.3) is 0 Å². The van der Waals surface area contributed by atoms with Gasteiger partial charge in [0.1, 0.15) is 28.7 Å². The van der Waals surface area contributed by atoms with Gasteiger partial charge in [0, 0.05) is 24.5 Å². The lowest BCUT2D eigenvalue weighted by molar-refractivity contribution is 0.103. The molecule has 0 fully saturated rings. The lowest BCUT2D eigenvalue weighted by Gasteiger charge is -2.07. The van der Waals surface area contributed by atoms with Gasteiger partial charge in [-0.05, 0) is 272 Å². The van der Waals surface area contributed by atoms with Gasteiger partial charge in [-0.15, -0.1) is 58.8 Å². The van der Waals surface area contributed by atoms with Crippen molar-refractivity contribution in [3.63, 3.8) is 0 Å². The van der Waals surface area contributed by atoms with Crippen molar-refractivity contribution in [2.75, 3.05) is 61.8 Å². The van der Waals surface area contributed by atoms with Crippen molar-refractivity contribution in [3.8, 4) is 84.4 Å². The van der Waals surface area contributed by atoms with E-state index in [1.165, 1.54) is 227 Å². The van der Waals surface area contributed by atoms with Gasteiger partial charge in [-0.25, -0.2) is 24.0 Å². The first-order valence-electron chi connectivity index (χ1n) is 48.0. The van der Waals surface area contributed by atoms with Gasteiger partial charge in [0.05, 0.1) is 33.0 Å². The van der Waals surface area contributed by atoms with Crippen LogP contribution >= 0.6 is 58.8 Å². The first-order chi connectivity index (χ1) is 64.6. The van der Waals surface area contributed by atoms with Crippen LogP contribution in [0.5, 0.6) is 28.7 Å². The zero-order chi connectivity index (χ0) is 94.5. The molecular formula is C112H144O15S5. The van der Waals surface area contributed by atoms with Crippen LogP contribution in [0.3, 0.4) is 0 Å². The normalized spacial score (nSPS) is 10.6. The number of hydrogen-bond donors (Lipinski definition) is 0. The second-order valence-corrected chi connectivity index (χ2v) is 37.0. The molecule has 0 saturated carbocycles. The Kier molecular flexibility index (Phi) is 59.7. The average molecular weight is 1890 g/mol. The minimum atomic E-state index is -0.672. The summed E-state index contributed by atoms with van der Waals surface area (Å²) in [6, 6.07) is 80.5. The van der Waals surface area contributed by atoms with E-state index in [9.17, 15) is 24.0 Å². The Morgan fingerprint density at radius 1 is 0.167 bits per heavy atom. The smallest absolute Gasteiger partial charge is 0.434 e. The second kappa shape index (κ2) is 70.9. The maximum absolute atomic E-state index is 11.4. The molecule has 0 spiro atoms. The van der Waals surface area contributed by atoms with E-state index in [-0.39, 0.29) is 0 Å². The van der Waals surface area contributed by atoms with Gasteiger partial charge >= 0.3 is 30.8 Å². The van der Waals surface area contributed by atoms with E-state index in [4.69, 9.17) is 47.4 Å². The van der Waals surface area contributed by atoms with E-state index < -0.39 is 30.8 Å². The SMILES string of the molecule is CCCCCCCCCCSc1ccc(-c2ccc(OC(=O)OCC)cc2)cc1.CCCCCCCCCSc1ccc(-c2ccc(OC(=O)OCC)cc2)cc1.CCCCCCCSc1ccc(-c2ccc(OC(=O)OCC)cc2)cc1.CCCCCCSc1ccc(-c2ccc(OC(=O)OCC)cc2)cc1.CCCCCSc1ccc(-c2ccc(OC(=O)OCC)cc2)cc1. The molecule has 712 valence electrons. The Bertz CT molecular complexity index is 4670. The molecule has 0 aliphatic heterocycles. The molecule has 10 aromatic carbocycles. The van der Waals surface area contributed by atoms with Crippen molar-refractivity contribution in [3.05, 3.63) is 243 Å². The molecule has 0 saturated heterocycles. The van der Waals surface area contributed by atoms with Gasteiger partial charge < -0.3 is 47.4 Å². The topological polar surface area (TPSA) is 178 Å². The van der Waals surface area contributed by atoms with Crippen LogP contribution in [0.4, 0.5) is 24.0 Å². The van der Waals surface area contributed by atoms with Crippen molar-refractivity contribution < 1.29 is 71.3 Å². The first kappa shape index (κ1) is 111. The number of unbranched alkanes of at least 4 members (excludes halogenated alkanes) is 22. The highest BCUT2D eigenvalue weighted by Gasteiger charge is 2.13. The largest absolute Gasteiger partial charge is 0.513 e. The highest BCUT2D eigenvalue weighted by atomic mass is 32.2. The molecule has 10 aromatic rings. The van der Waals surface area contributed by atoms with Crippen LogP contribution in [0, 0.1) is 0 Å². The average Bonchev–Trinajstić information content (AvgIpc) is 0.870. The summed E-state index contributed by atoms with van der Waals surface area (Å²) in [5.74, 6) is 8.36. The van der Waals surface area contributed by atoms with Gasteiger partial charge in [-0.1, -0.05) is 297 Å². The van der Waals surface area contributed by atoms with Gasteiger partial charge in [-0.2, -0.15) is 0 Å². The summed E-state index contributed by atoms with van der Waals surface area (Å²) in [6.45, 7) is 21.5. The molecule has 0 aliphatic carbocycles. The molecule has 0 N–H and O–H groups in total. The highest BCUT2D eigenvalue weighted by molar-refractivity contribution is 8.00. The molecule has 0 amide bonds. The van der Waals surface area contributed by atoms with Crippen LogP contribution in [0.25, 0.3) is 55.6 Å². The fourth-order valence-corrected chi connectivity index (χ4v) is 17.9. The summed E-state index contributed by atoms with van der Waals surface area (Å²) >= 11 is 9.62. The van der Waals surface area contributed by atoms with Gasteiger partial charge in [0.2, 0.25) is 0 Å². The molecule has 0 aromatic heterocycles. The predicted molar refractivity (Wildman–Crippen MR) is 554 cm³/mol. The van der Waals surface area contributed by atoms with Crippen LogP contribution < -0.4 is 23.7 Å². The minimum Gasteiger partial charge on any atom is -0.434 e. The molecule has 0 radical (unpaired) electrons. The first-order valence-corrected chi connectivity index (χ1v) is 53.0. The minimum absolute atomic E-state index is 0.305. The number of thioether (sulfide) groups is 5. The Morgan fingerprint density at radius 2 is 0.288 bits per heavy atom. The molecule has 132 heavy (non-hydrogen) atoms. The molecule has 15 nitrogen and oxygen atoms in total. The Labute approximate surface area is 811 Å². The van der Waals surface area contributed by atoms with Crippen LogP contribution in [-0.4, -0.2) is 92.6 Å². The van der Waals surface area contributed by atoms with Crippen LogP contribution in [-0.2, 0) is 23.7 Å². The quantitative estimate of drug-likeness (QED) is 0.0115. The standard InChI is InChI=1S/C25H34O3S.C24H32O3S.C22H28O3S.C21H26O3S.C20H24O3S/c1-3-5-6-7-8-9-10-11-20-29-24-18-14-22(15-19-24)21-12-16-23(17-13-21)28-25(26)27-4-2;1-3-5-6-7-8-9-10-19-28-23-17-13-21(14-18-23)20-11-15-22(16-12-20)27-24(25)26-4-2;1-3-5-6-7-8-17-26-21-15-11-19(12-16-21)18-9-13-20(14-10-18)25-22(23)24-4-2;1-3-5-6-7-16-25-20-14-10-18(11-15-20)17-8-12-19(13-9-17)24-21(22)23-4-2;1-3-5-6-15-24-19-13-9-17(10-14-19)16-7-11-18(12-8-16)23-20(21)22-4-2/h12-19H,3-11,20H2,1-2H3;11-18H,3-10,19H2,1-2H3;9-16H,3-8,17H2,1-2H3;8-15H,3-7,16H2,1-2H3;7-14H,3-6,15H2,1-2H3. The Hall–Kier alpha value is -9.70. The fraction of sp³-hybridized carbons (Fsp3) is 0.420. The molecule has 0 heterocycles. The summed E-state index contributed by atoms with van der Waals surface area (Å²) in [7, 11) is 0. The summed E-state index contributed by atoms with van der Waals surface area (Å²) < 4.78 is 49.3. The van der Waals surface area contributed by atoms with Crippen LogP contribution in [0.1, 0.15) is 243 Å². The van der Waals surface area contributed by atoms with Crippen molar-refractivity contribution in [1.82, 2.24) is 0 Å². The van der Waals surface area contributed by atoms with Gasteiger partial charge in [0.15, 0.2) is 0 Å². The number of rotatable bonds is 52. The molecule has 20 heteroatoms. The summed E-state index contributed by atoms with van der Waals surface area (Å²) in [5.41, 5.74) is 11.2. The predicted octanol–water partition coefficient (Wildman–Crippen LogP) is 35.5. The third kappa shape index (κ3) is 48.8. The zero-order valence-corrected chi connectivity index (χ0v) is 84.0. The third-order valence-electron chi connectivity index (χ3n) is 20.6. The second-order valence-electron chi connectivity index (χ2n) is 31.2. The monoisotopic (exact) mass is 1890 g/mol. The molecule has 0 atom stereocenters. The van der Waals surface area contributed by atoms with Crippen molar-refractivity contribution in [1.29, 1.82) is 0 Å². The maximum Gasteiger partial charge on any atom is 0.513 e. The van der Waals surface area contributed by atoms with Crippen molar-refractivity contribution >= 4 is 89.6 Å². The lowest BCUT2D eigenvalue weighted by Crippen LogP contribution is -2.09. The van der Waals surface area contributed by atoms with Crippen molar-refractivity contribution in [2.45, 2.75) is 267 Å². The Balaban J connectivity index is 0.000000254. The Morgan fingerprint density at radius 3 is 0.439 bits per heavy atom. The molecule has 0 unspecified atom stereocenters. The third-order valence-corrected chi connectivity index (χ3v) is 26.1. The number of ether oxygens (including phenoxy) is 10. The van der Waals surface area contributed by atoms with E-state index in [0.29, 0.717) is 61.8 Å². The van der Waals surface area contributed by atoms with E-state index in [1.54, 1.807) is 95.3 Å². The molecule has 0 bridgehead atoms. The van der Waals surface area contributed by atoms with E-state index >= 15 is 0 Å². The summed E-state index contributed by atoms with van der Waals surface area (Å²) in [6.07, 6.45) is 32.7. The number of benzene rings is 10. The highest BCUT2D eigenvalue weighted by Crippen LogP contribution is 2.34. The number of hydrogen-bond acceptors (Lipinski definition) is 20. The summed E-state index contributed by atoms with van der Waals surface area (Å²) in [4.78, 5) is 63.2. The van der Waals surface area contributed by atoms with E-state index in [1.807, 2.05) is 119 Å². The molecule has 0 aliphatic rings.